The van der Waals surface area contributed by atoms with Crippen molar-refractivity contribution in [2.45, 2.75) is 6.18 Å². The molecule has 1 N–H and O–H groups in total. The zero-order chi connectivity index (χ0) is 21.3. The van der Waals surface area contributed by atoms with Gasteiger partial charge in [-0.3, -0.25) is 14.9 Å². The van der Waals surface area contributed by atoms with E-state index in [1.54, 1.807) is 24.3 Å². The lowest BCUT2D eigenvalue weighted by molar-refractivity contribution is -0.137. The minimum Gasteiger partial charge on any atom is -0.378 e. The highest BCUT2D eigenvalue weighted by atomic mass is 19.4. The molecule has 1 heterocycles. The number of benzene rings is 2. The summed E-state index contributed by atoms with van der Waals surface area (Å²) >= 11 is 0. The lowest BCUT2D eigenvalue weighted by Gasteiger charge is -2.26. The van der Waals surface area contributed by atoms with Crippen LogP contribution >= 0.6 is 0 Å². The molecule has 1 aliphatic rings. The van der Waals surface area contributed by atoms with Gasteiger partial charge in [0.25, 0.3) is 11.8 Å². The highest BCUT2D eigenvalue weighted by molar-refractivity contribution is 6.39. The summed E-state index contributed by atoms with van der Waals surface area (Å²) in [6.45, 7) is 0. The third-order valence-corrected chi connectivity index (χ3v) is 4.25. The molecule has 3 rings (SSSR count). The van der Waals surface area contributed by atoms with Gasteiger partial charge in [-0.05, 0) is 42.0 Å². The summed E-state index contributed by atoms with van der Waals surface area (Å²) in [5.74, 6) is -1.92. The number of hydrogen-bond acceptors (Lipinski definition) is 4. The van der Waals surface area contributed by atoms with Crippen LogP contribution in [-0.4, -0.2) is 31.9 Å². The summed E-state index contributed by atoms with van der Waals surface area (Å²) in [6.07, 6.45) is -3.36. The summed E-state index contributed by atoms with van der Waals surface area (Å²) in [5.41, 5.74) is -0.250. The number of carbonyl (C=O) groups excluding carboxylic acids is 3. The Morgan fingerprint density at radius 1 is 1.00 bits per heavy atom. The molecular weight excluding hydrogens is 387 g/mol. The predicted molar refractivity (Wildman–Crippen MR) is 101 cm³/mol. The molecule has 29 heavy (non-hydrogen) atoms. The van der Waals surface area contributed by atoms with Gasteiger partial charge in [0.2, 0.25) is 0 Å². The number of barbiturate groups is 1. The summed E-state index contributed by atoms with van der Waals surface area (Å²) in [6, 6.07) is 9.55. The fourth-order valence-corrected chi connectivity index (χ4v) is 2.75. The Balaban J connectivity index is 1.98. The van der Waals surface area contributed by atoms with Crippen LogP contribution in [0.15, 0.2) is 54.1 Å². The summed E-state index contributed by atoms with van der Waals surface area (Å²) < 4.78 is 38.9. The van der Waals surface area contributed by atoms with E-state index in [9.17, 15) is 27.6 Å². The quantitative estimate of drug-likeness (QED) is 0.630. The van der Waals surface area contributed by atoms with E-state index in [1.165, 1.54) is 12.1 Å². The summed E-state index contributed by atoms with van der Waals surface area (Å²) in [5, 5.41) is 1.99. The van der Waals surface area contributed by atoms with Crippen LogP contribution in [-0.2, 0) is 15.8 Å². The first kappa shape index (κ1) is 20.1. The Morgan fingerprint density at radius 3 is 2.24 bits per heavy atom. The van der Waals surface area contributed by atoms with E-state index in [0.717, 1.165) is 17.8 Å². The van der Waals surface area contributed by atoms with Crippen molar-refractivity contribution in [1.29, 1.82) is 0 Å². The first-order valence-electron chi connectivity index (χ1n) is 8.44. The maximum atomic E-state index is 13.0. The van der Waals surface area contributed by atoms with Crippen LogP contribution < -0.4 is 15.1 Å². The van der Waals surface area contributed by atoms with Crippen molar-refractivity contribution >= 4 is 35.3 Å². The molecule has 1 fully saturated rings. The molecule has 0 saturated carbocycles. The number of amides is 4. The number of imide groups is 2. The molecule has 1 aliphatic heterocycles. The van der Waals surface area contributed by atoms with E-state index in [-0.39, 0.29) is 11.3 Å². The smallest absolute Gasteiger partial charge is 0.378 e. The van der Waals surface area contributed by atoms with E-state index in [1.807, 2.05) is 24.3 Å². The molecule has 0 aliphatic carbocycles. The van der Waals surface area contributed by atoms with Crippen LogP contribution in [0.1, 0.15) is 11.1 Å². The maximum Gasteiger partial charge on any atom is 0.416 e. The molecule has 2 aromatic rings. The van der Waals surface area contributed by atoms with Gasteiger partial charge in [-0.15, -0.1) is 0 Å². The number of urea groups is 1. The van der Waals surface area contributed by atoms with Crippen molar-refractivity contribution in [3.8, 4) is 0 Å². The topological polar surface area (TPSA) is 69.7 Å². The van der Waals surface area contributed by atoms with Gasteiger partial charge in [0, 0.05) is 19.8 Å². The number of rotatable bonds is 3. The Kier molecular flexibility index (Phi) is 5.15. The zero-order valence-corrected chi connectivity index (χ0v) is 15.4. The van der Waals surface area contributed by atoms with E-state index >= 15 is 0 Å². The fourth-order valence-electron chi connectivity index (χ4n) is 2.75. The lowest BCUT2D eigenvalue weighted by atomic mass is 10.1. The number of carbonyl (C=O) groups is 3. The number of hydrogen-bond donors (Lipinski definition) is 1. The molecule has 150 valence electrons. The Labute approximate surface area is 164 Å². The summed E-state index contributed by atoms with van der Waals surface area (Å²) in [4.78, 5) is 39.5. The second-order valence-electron chi connectivity index (χ2n) is 6.49. The molecular formula is C20H16F3N3O3. The van der Waals surface area contributed by atoms with Crippen LogP contribution in [0.25, 0.3) is 6.08 Å². The standard InChI is InChI=1S/C20H16F3N3O3/c1-25(2)14-8-6-12(7-9-14)10-16-17(27)24-19(29)26(18(16)28)15-5-3-4-13(11-15)20(21,22)23/h3-11H,1-2H3,(H,24,27,29). The van der Waals surface area contributed by atoms with Crippen molar-refractivity contribution in [3.63, 3.8) is 0 Å². The van der Waals surface area contributed by atoms with Gasteiger partial charge in [-0.25, -0.2) is 9.69 Å². The van der Waals surface area contributed by atoms with Gasteiger partial charge in [-0.1, -0.05) is 18.2 Å². The number of halogens is 3. The molecule has 2 aromatic carbocycles. The molecule has 0 radical (unpaired) electrons. The average molecular weight is 403 g/mol. The van der Waals surface area contributed by atoms with E-state index in [4.69, 9.17) is 0 Å². The lowest BCUT2D eigenvalue weighted by Crippen LogP contribution is -2.54. The van der Waals surface area contributed by atoms with Gasteiger partial charge in [0.1, 0.15) is 5.57 Å². The van der Waals surface area contributed by atoms with E-state index in [2.05, 4.69) is 0 Å². The molecule has 0 bridgehead atoms. The number of nitrogens with zero attached hydrogens (tertiary/aromatic N) is 2. The maximum absolute atomic E-state index is 13.0. The second kappa shape index (κ2) is 7.42. The van der Waals surface area contributed by atoms with Crippen LogP contribution in [0.3, 0.4) is 0 Å². The van der Waals surface area contributed by atoms with Gasteiger partial charge < -0.3 is 4.90 Å². The molecule has 0 spiro atoms. The number of alkyl halides is 3. The normalized spacial score (nSPS) is 16.2. The molecule has 4 amide bonds. The number of nitrogens with one attached hydrogen (secondary N) is 1. The van der Waals surface area contributed by atoms with Crippen LogP contribution in [0.4, 0.5) is 29.3 Å². The van der Waals surface area contributed by atoms with Crippen molar-refractivity contribution < 1.29 is 27.6 Å². The third kappa shape index (κ3) is 4.13. The van der Waals surface area contributed by atoms with E-state index < -0.39 is 29.6 Å². The minimum atomic E-state index is -4.64. The predicted octanol–water partition coefficient (Wildman–Crippen LogP) is 3.44. The van der Waals surface area contributed by atoms with Crippen molar-refractivity contribution in [2.75, 3.05) is 23.9 Å². The van der Waals surface area contributed by atoms with Crippen molar-refractivity contribution in [3.05, 3.63) is 65.2 Å². The van der Waals surface area contributed by atoms with Crippen LogP contribution in [0.5, 0.6) is 0 Å². The molecule has 9 heteroatoms. The third-order valence-electron chi connectivity index (χ3n) is 4.25. The first-order chi connectivity index (χ1) is 13.6. The SMILES string of the molecule is CN(C)c1ccc(C=C2C(=O)NC(=O)N(c3cccc(C(F)(F)F)c3)C2=O)cc1. The Morgan fingerprint density at radius 2 is 1.66 bits per heavy atom. The van der Waals surface area contributed by atoms with Gasteiger partial charge in [0.05, 0.1) is 11.3 Å². The fraction of sp³-hybridized carbons (Fsp3) is 0.150. The average Bonchev–Trinajstić information content (AvgIpc) is 2.65. The Bertz CT molecular complexity index is 1010. The zero-order valence-electron chi connectivity index (χ0n) is 15.4. The van der Waals surface area contributed by atoms with E-state index in [0.29, 0.717) is 16.5 Å². The Hall–Kier alpha value is -3.62. The van der Waals surface area contributed by atoms with Crippen molar-refractivity contribution in [1.82, 2.24) is 5.32 Å². The second-order valence-corrected chi connectivity index (χ2v) is 6.49. The molecule has 6 nitrogen and oxygen atoms in total. The highest BCUT2D eigenvalue weighted by Crippen LogP contribution is 2.32. The van der Waals surface area contributed by atoms with Gasteiger partial charge in [-0.2, -0.15) is 13.2 Å². The molecule has 0 aromatic heterocycles. The number of anilines is 2. The first-order valence-corrected chi connectivity index (χ1v) is 8.44. The molecule has 1 saturated heterocycles. The molecule has 0 unspecified atom stereocenters. The highest BCUT2D eigenvalue weighted by Gasteiger charge is 2.38. The van der Waals surface area contributed by atoms with Crippen LogP contribution in [0, 0.1) is 0 Å². The molecule has 0 atom stereocenters. The minimum absolute atomic E-state index is 0.288. The monoisotopic (exact) mass is 403 g/mol. The van der Waals surface area contributed by atoms with Crippen LogP contribution in [0.2, 0.25) is 0 Å². The van der Waals surface area contributed by atoms with Gasteiger partial charge in [0.15, 0.2) is 0 Å². The van der Waals surface area contributed by atoms with Crippen molar-refractivity contribution in [2.24, 2.45) is 0 Å². The largest absolute Gasteiger partial charge is 0.416 e. The summed E-state index contributed by atoms with van der Waals surface area (Å²) in [7, 11) is 3.70. The van der Waals surface area contributed by atoms with Gasteiger partial charge >= 0.3 is 12.2 Å².